The van der Waals surface area contributed by atoms with Crippen LogP contribution in [0.5, 0.6) is 5.75 Å². The van der Waals surface area contributed by atoms with Crippen molar-refractivity contribution in [3.05, 3.63) is 23.0 Å². The summed E-state index contributed by atoms with van der Waals surface area (Å²) in [6.45, 7) is 10.7. The molecule has 0 spiro atoms. The Labute approximate surface area is 117 Å². The van der Waals surface area contributed by atoms with Crippen LogP contribution in [0.15, 0.2) is 6.20 Å². The van der Waals surface area contributed by atoms with Crippen molar-refractivity contribution in [1.82, 2.24) is 4.98 Å². The van der Waals surface area contributed by atoms with Crippen molar-refractivity contribution < 1.29 is 4.74 Å². The van der Waals surface area contributed by atoms with Crippen molar-refractivity contribution >= 4 is 0 Å². The normalized spacial score (nSPS) is 13.4. The zero-order chi connectivity index (χ0) is 14.6. The summed E-state index contributed by atoms with van der Waals surface area (Å²) < 4.78 is 5.43. The third-order valence-corrected chi connectivity index (χ3v) is 3.79. The van der Waals surface area contributed by atoms with Crippen LogP contribution in [0.25, 0.3) is 0 Å². The Morgan fingerprint density at radius 3 is 2.47 bits per heavy atom. The van der Waals surface area contributed by atoms with Crippen molar-refractivity contribution in [1.29, 1.82) is 0 Å². The van der Waals surface area contributed by atoms with E-state index in [2.05, 4.69) is 32.7 Å². The Balaban J connectivity index is 2.64. The fourth-order valence-electron chi connectivity index (χ4n) is 2.25. The number of ether oxygens (including phenoxy) is 1. The Morgan fingerprint density at radius 2 is 1.95 bits per heavy atom. The van der Waals surface area contributed by atoms with Gasteiger partial charge in [0.25, 0.3) is 0 Å². The SMILES string of the molecule is COc1c(C)cnc(CCCC(N)C(C)(C)C)c1C. The van der Waals surface area contributed by atoms with E-state index < -0.39 is 0 Å². The maximum absolute atomic E-state index is 6.19. The third-order valence-electron chi connectivity index (χ3n) is 3.79. The lowest BCUT2D eigenvalue weighted by molar-refractivity contribution is 0.301. The van der Waals surface area contributed by atoms with Crippen molar-refractivity contribution in [3.8, 4) is 5.75 Å². The number of nitrogens with zero attached hydrogens (tertiary/aromatic N) is 1. The number of hydrogen-bond acceptors (Lipinski definition) is 3. The topological polar surface area (TPSA) is 48.1 Å². The number of aryl methyl sites for hydroxylation is 2. The Hall–Kier alpha value is -1.09. The van der Waals surface area contributed by atoms with Crippen molar-refractivity contribution in [2.45, 2.75) is 59.9 Å². The van der Waals surface area contributed by atoms with Gasteiger partial charge in [-0.1, -0.05) is 20.8 Å². The predicted molar refractivity (Wildman–Crippen MR) is 80.6 cm³/mol. The van der Waals surface area contributed by atoms with E-state index in [1.54, 1.807) is 7.11 Å². The average molecular weight is 264 g/mol. The summed E-state index contributed by atoms with van der Waals surface area (Å²) >= 11 is 0. The summed E-state index contributed by atoms with van der Waals surface area (Å²) in [5, 5.41) is 0. The molecule has 0 amide bonds. The van der Waals surface area contributed by atoms with Gasteiger partial charge in [0.1, 0.15) is 5.75 Å². The molecule has 3 nitrogen and oxygen atoms in total. The molecule has 2 N–H and O–H groups in total. The highest BCUT2D eigenvalue weighted by Gasteiger charge is 2.20. The molecule has 1 atom stereocenters. The van der Waals surface area contributed by atoms with E-state index in [1.165, 1.54) is 0 Å². The van der Waals surface area contributed by atoms with Gasteiger partial charge in [0.05, 0.1) is 7.11 Å². The number of rotatable bonds is 5. The minimum atomic E-state index is 0.174. The fraction of sp³-hybridized carbons (Fsp3) is 0.688. The molecule has 1 heterocycles. The molecule has 1 rings (SSSR count). The Bertz CT molecular complexity index is 421. The highest BCUT2D eigenvalue weighted by atomic mass is 16.5. The number of methoxy groups -OCH3 is 1. The Kier molecular flexibility index (Phi) is 5.36. The molecule has 3 heteroatoms. The second-order valence-electron chi connectivity index (χ2n) is 6.41. The third kappa shape index (κ3) is 4.20. The van der Waals surface area contributed by atoms with Crippen LogP contribution in [0, 0.1) is 19.3 Å². The number of aromatic nitrogens is 1. The van der Waals surface area contributed by atoms with E-state index in [9.17, 15) is 0 Å². The molecule has 0 saturated carbocycles. The van der Waals surface area contributed by atoms with Crippen LogP contribution >= 0.6 is 0 Å². The smallest absolute Gasteiger partial charge is 0.128 e. The van der Waals surface area contributed by atoms with Gasteiger partial charge in [-0.15, -0.1) is 0 Å². The first-order valence-electron chi connectivity index (χ1n) is 7.02. The zero-order valence-corrected chi connectivity index (χ0v) is 13.2. The average Bonchev–Trinajstić information content (AvgIpc) is 2.31. The van der Waals surface area contributed by atoms with Crippen LogP contribution in [-0.2, 0) is 6.42 Å². The van der Waals surface area contributed by atoms with Gasteiger partial charge in [-0.3, -0.25) is 4.98 Å². The maximum Gasteiger partial charge on any atom is 0.128 e. The lowest BCUT2D eigenvalue weighted by Crippen LogP contribution is -2.34. The lowest BCUT2D eigenvalue weighted by atomic mass is 9.84. The number of hydrogen-bond donors (Lipinski definition) is 1. The van der Waals surface area contributed by atoms with Crippen LogP contribution in [0.1, 0.15) is 50.4 Å². The first-order chi connectivity index (χ1) is 8.77. The van der Waals surface area contributed by atoms with Gasteiger partial charge in [-0.05, 0) is 38.5 Å². The standard InChI is InChI=1S/C16H28N2O/c1-11-10-18-13(12(2)15(11)19-6)8-7-9-14(17)16(3,4)5/h10,14H,7-9,17H2,1-6H3. The summed E-state index contributed by atoms with van der Waals surface area (Å²) in [5.41, 5.74) is 9.74. The summed E-state index contributed by atoms with van der Waals surface area (Å²) in [7, 11) is 1.72. The van der Waals surface area contributed by atoms with E-state index in [0.717, 1.165) is 41.8 Å². The van der Waals surface area contributed by atoms with E-state index >= 15 is 0 Å². The monoisotopic (exact) mass is 264 g/mol. The molecule has 0 bridgehead atoms. The first kappa shape index (κ1) is 16.0. The summed E-state index contributed by atoms with van der Waals surface area (Å²) in [5.74, 6) is 0.963. The molecule has 19 heavy (non-hydrogen) atoms. The van der Waals surface area contributed by atoms with Gasteiger partial charge in [-0.2, -0.15) is 0 Å². The van der Waals surface area contributed by atoms with E-state index in [-0.39, 0.29) is 11.5 Å². The van der Waals surface area contributed by atoms with Gasteiger partial charge in [-0.25, -0.2) is 0 Å². The van der Waals surface area contributed by atoms with E-state index in [1.807, 2.05) is 13.1 Å². The van der Waals surface area contributed by atoms with E-state index in [4.69, 9.17) is 10.5 Å². The maximum atomic E-state index is 6.19. The van der Waals surface area contributed by atoms with E-state index in [0.29, 0.717) is 0 Å². The molecule has 0 aromatic carbocycles. The number of pyridine rings is 1. The van der Waals surface area contributed by atoms with Gasteiger partial charge in [0.2, 0.25) is 0 Å². The minimum Gasteiger partial charge on any atom is -0.496 e. The summed E-state index contributed by atoms with van der Waals surface area (Å²) in [6, 6.07) is 0.236. The summed E-state index contributed by atoms with van der Waals surface area (Å²) in [6.07, 6.45) is 4.95. The molecule has 1 aromatic heterocycles. The van der Waals surface area contributed by atoms with Gasteiger partial charge in [0.15, 0.2) is 0 Å². The molecular formula is C16H28N2O. The minimum absolute atomic E-state index is 0.174. The Morgan fingerprint density at radius 1 is 1.32 bits per heavy atom. The first-order valence-corrected chi connectivity index (χ1v) is 7.02. The molecule has 0 saturated heterocycles. The molecule has 1 aromatic rings. The van der Waals surface area contributed by atoms with Crippen molar-refractivity contribution in [2.24, 2.45) is 11.1 Å². The van der Waals surface area contributed by atoms with Crippen LogP contribution < -0.4 is 10.5 Å². The molecule has 0 radical (unpaired) electrons. The zero-order valence-electron chi connectivity index (χ0n) is 13.2. The molecule has 0 aliphatic heterocycles. The molecule has 1 unspecified atom stereocenters. The van der Waals surface area contributed by atoms with Crippen LogP contribution in [0.4, 0.5) is 0 Å². The molecule has 0 aliphatic rings. The predicted octanol–water partition coefficient (Wildman–Crippen LogP) is 3.40. The number of nitrogens with two attached hydrogens (primary N) is 1. The largest absolute Gasteiger partial charge is 0.496 e. The van der Waals surface area contributed by atoms with Crippen molar-refractivity contribution in [2.75, 3.05) is 7.11 Å². The van der Waals surface area contributed by atoms with Gasteiger partial charge in [0, 0.05) is 29.1 Å². The second kappa shape index (κ2) is 6.38. The lowest BCUT2D eigenvalue weighted by Gasteiger charge is -2.27. The van der Waals surface area contributed by atoms with Crippen LogP contribution in [0.2, 0.25) is 0 Å². The highest BCUT2D eigenvalue weighted by Crippen LogP contribution is 2.26. The molecular weight excluding hydrogens is 236 g/mol. The van der Waals surface area contributed by atoms with Crippen molar-refractivity contribution in [3.63, 3.8) is 0 Å². The molecule has 0 fully saturated rings. The molecule has 108 valence electrons. The quantitative estimate of drug-likeness (QED) is 0.886. The van der Waals surface area contributed by atoms with Crippen LogP contribution in [-0.4, -0.2) is 18.1 Å². The highest BCUT2D eigenvalue weighted by molar-refractivity contribution is 5.41. The molecule has 0 aliphatic carbocycles. The van der Waals surface area contributed by atoms with Gasteiger partial charge < -0.3 is 10.5 Å². The summed E-state index contributed by atoms with van der Waals surface area (Å²) in [4.78, 5) is 4.52. The second-order valence-corrected chi connectivity index (χ2v) is 6.41. The van der Waals surface area contributed by atoms with Gasteiger partial charge >= 0.3 is 0 Å². The fourth-order valence-corrected chi connectivity index (χ4v) is 2.25. The van der Waals surface area contributed by atoms with Crippen LogP contribution in [0.3, 0.4) is 0 Å².